The van der Waals surface area contributed by atoms with Gasteiger partial charge in [-0.1, -0.05) is 6.92 Å². The monoisotopic (exact) mass is 266 g/mol. The van der Waals surface area contributed by atoms with E-state index in [2.05, 4.69) is 6.92 Å². The molecule has 19 heavy (non-hydrogen) atoms. The van der Waals surface area contributed by atoms with E-state index in [0.717, 1.165) is 6.42 Å². The fraction of sp³-hybridized carbons (Fsp3) is 0.500. The largest absolute Gasteiger partial charge is 0.494 e. The summed E-state index contributed by atoms with van der Waals surface area (Å²) in [6, 6.07) is 4.18. The predicted octanol–water partition coefficient (Wildman–Crippen LogP) is 1.65. The molecule has 1 aliphatic rings. The second kappa shape index (κ2) is 5.17. The number of halogens is 1. The number of rotatable bonds is 3. The van der Waals surface area contributed by atoms with E-state index in [0.29, 0.717) is 25.2 Å². The van der Waals surface area contributed by atoms with Gasteiger partial charge in [0.25, 0.3) is 5.91 Å². The van der Waals surface area contributed by atoms with Gasteiger partial charge in [-0.15, -0.1) is 0 Å². The number of carbonyl (C=O) groups excluding carboxylic acids is 1. The van der Waals surface area contributed by atoms with Gasteiger partial charge in [0.1, 0.15) is 0 Å². The molecule has 1 aliphatic heterocycles. The molecule has 2 rings (SSSR count). The van der Waals surface area contributed by atoms with Gasteiger partial charge in [0.15, 0.2) is 11.6 Å². The quantitative estimate of drug-likeness (QED) is 0.905. The highest BCUT2D eigenvalue weighted by atomic mass is 19.1. The molecule has 1 amide bonds. The summed E-state index contributed by atoms with van der Waals surface area (Å²) in [6.07, 6.45) is 0.896. The van der Waals surface area contributed by atoms with Gasteiger partial charge in [0.05, 0.1) is 7.11 Å². The summed E-state index contributed by atoms with van der Waals surface area (Å²) in [6.45, 7) is 3.96. The average Bonchev–Trinajstić information content (AvgIpc) is 2.82. The second-order valence-corrected chi connectivity index (χ2v) is 5.34. The Morgan fingerprint density at radius 2 is 2.32 bits per heavy atom. The summed E-state index contributed by atoms with van der Waals surface area (Å²) in [5.74, 6) is -0.477. The first-order valence-corrected chi connectivity index (χ1v) is 6.32. The van der Waals surface area contributed by atoms with E-state index >= 15 is 0 Å². The van der Waals surface area contributed by atoms with Crippen LogP contribution in [0, 0.1) is 11.2 Å². The molecule has 0 aromatic heterocycles. The van der Waals surface area contributed by atoms with Crippen LogP contribution < -0.4 is 10.5 Å². The van der Waals surface area contributed by atoms with Crippen molar-refractivity contribution in [1.82, 2.24) is 4.90 Å². The zero-order valence-electron chi connectivity index (χ0n) is 11.3. The number of benzene rings is 1. The molecule has 0 saturated carbocycles. The van der Waals surface area contributed by atoms with Crippen molar-refractivity contribution in [3.8, 4) is 5.75 Å². The Balaban J connectivity index is 2.17. The van der Waals surface area contributed by atoms with Gasteiger partial charge >= 0.3 is 0 Å². The second-order valence-electron chi connectivity index (χ2n) is 5.34. The van der Waals surface area contributed by atoms with Crippen LogP contribution in [0.15, 0.2) is 18.2 Å². The van der Waals surface area contributed by atoms with Crippen LogP contribution in [0.4, 0.5) is 4.39 Å². The molecular formula is C14H19FN2O2. The van der Waals surface area contributed by atoms with E-state index in [4.69, 9.17) is 10.5 Å². The molecule has 0 radical (unpaired) electrons. The fourth-order valence-electron chi connectivity index (χ4n) is 2.34. The Morgan fingerprint density at radius 3 is 2.89 bits per heavy atom. The zero-order valence-corrected chi connectivity index (χ0v) is 11.3. The first-order valence-electron chi connectivity index (χ1n) is 6.32. The summed E-state index contributed by atoms with van der Waals surface area (Å²) >= 11 is 0. The molecular weight excluding hydrogens is 247 g/mol. The number of amides is 1. The molecule has 1 atom stereocenters. The molecule has 1 unspecified atom stereocenters. The zero-order chi connectivity index (χ0) is 14.0. The van der Waals surface area contributed by atoms with Crippen molar-refractivity contribution in [3.05, 3.63) is 29.6 Å². The van der Waals surface area contributed by atoms with Gasteiger partial charge < -0.3 is 15.4 Å². The summed E-state index contributed by atoms with van der Waals surface area (Å²) in [7, 11) is 1.38. The van der Waals surface area contributed by atoms with Crippen LogP contribution in [-0.2, 0) is 0 Å². The van der Waals surface area contributed by atoms with E-state index < -0.39 is 5.82 Å². The Morgan fingerprint density at radius 1 is 1.58 bits per heavy atom. The Hall–Kier alpha value is -1.62. The number of methoxy groups -OCH3 is 1. The highest BCUT2D eigenvalue weighted by molar-refractivity contribution is 5.94. The lowest BCUT2D eigenvalue weighted by atomic mass is 9.90. The van der Waals surface area contributed by atoms with Crippen molar-refractivity contribution in [2.45, 2.75) is 13.3 Å². The van der Waals surface area contributed by atoms with Gasteiger partial charge in [-0.2, -0.15) is 0 Å². The average molecular weight is 266 g/mol. The van der Waals surface area contributed by atoms with Crippen LogP contribution in [0.1, 0.15) is 23.7 Å². The van der Waals surface area contributed by atoms with Crippen molar-refractivity contribution in [2.24, 2.45) is 11.1 Å². The summed E-state index contributed by atoms with van der Waals surface area (Å²) in [5.41, 5.74) is 6.16. The molecule has 4 nitrogen and oxygen atoms in total. The Labute approximate surface area is 112 Å². The molecule has 0 bridgehead atoms. The van der Waals surface area contributed by atoms with Gasteiger partial charge in [-0.25, -0.2) is 4.39 Å². The molecule has 104 valence electrons. The van der Waals surface area contributed by atoms with E-state index in [1.165, 1.54) is 25.3 Å². The third kappa shape index (κ3) is 2.71. The van der Waals surface area contributed by atoms with Crippen LogP contribution in [0.2, 0.25) is 0 Å². The Kier molecular flexibility index (Phi) is 3.75. The van der Waals surface area contributed by atoms with Crippen molar-refractivity contribution in [3.63, 3.8) is 0 Å². The number of likely N-dealkylation sites (tertiary alicyclic amines) is 1. The maximum atomic E-state index is 13.3. The lowest BCUT2D eigenvalue weighted by molar-refractivity contribution is 0.0776. The van der Waals surface area contributed by atoms with E-state index in [1.54, 1.807) is 4.90 Å². The van der Waals surface area contributed by atoms with Crippen LogP contribution in [0.25, 0.3) is 0 Å². The number of hydrogen-bond donors (Lipinski definition) is 1. The van der Waals surface area contributed by atoms with Gasteiger partial charge in [-0.3, -0.25) is 4.79 Å². The molecule has 2 N–H and O–H groups in total. The molecule has 5 heteroatoms. The molecule has 0 spiro atoms. The number of hydrogen-bond acceptors (Lipinski definition) is 3. The highest BCUT2D eigenvalue weighted by Gasteiger charge is 2.35. The minimum Gasteiger partial charge on any atom is -0.494 e. The molecule has 1 heterocycles. The number of nitrogens with zero attached hydrogens (tertiary/aromatic N) is 1. The maximum absolute atomic E-state index is 13.3. The van der Waals surface area contributed by atoms with E-state index in [1.807, 2.05) is 0 Å². The predicted molar refractivity (Wildman–Crippen MR) is 70.6 cm³/mol. The molecule has 1 saturated heterocycles. The van der Waals surface area contributed by atoms with Crippen LogP contribution in [0.3, 0.4) is 0 Å². The van der Waals surface area contributed by atoms with Crippen molar-refractivity contribution < 1.29 is 13.9 Å². The summed E-state index contributed by atoms with van der Waals surface area (Å²) < 4.78 is 18.2. The minimum absolute atomic E-state index is 0.0141. The number of carbonyl (C=O) groups is 1. The Bertz CT molecular complexity index is 492. The first kappa shape index (κ1) is 13.8. The van der Waals surface area contributed by atoms with Crippen LogP contribution in [0.5, 0.6) is 5.75 Å². The highest BCUT2D eigenvalue weighted by Crippen LogP contribution is 2.30. The van der Waals surface area contributed by atoms with Crippen molar-refractivity contribution >= 4 is 5.91 Å². The van der Waals surface area contributed by atoms with Crippen molar-refractivity contribution in [2.75, 3.05) is 26.7 Å². The molecule has 1 aromatic rings. The smallest absolute Gasteiger partial charge is 0.254 e. The molecule has 1 fully saturated rings. The molecule has 1 aromatic carbocycles. The topological polar surface area (TPSA) is 55.6 Å². The normalized spacial score (nSPS) is 22.6. The number of nitrogens with two attached hydrogens (primary N) is 1. The fourth-order valence-corrected chi connectivity index (χ4v) is 2.34. The van der Waals surface area contributed by atoms with Crippen LogP contribution >= 0.6 is 0 Å². The van der Waals surface area contributed by atoms with Crippen molar-refractivity contribution in [1.29, 1.82) is 0 Å². The lowest BCUT2D eigenvalue weighted by Gasteiger charge is -2.22. The minimum atomic E-state index is -0.465. The number of ether oxygens (including phenoxy) is 1. The SMILES string of the molecule is COc1cc(C(=O)N2CCC(C)(CN)C2)ccc1F. The van der Waals surface area contributed by atoms with Gasteiger partial charge in [-0.05, 0) is 36.6 Å². The van der Waals surface area contributed by atoms with Gasteiger partial charge in [0, 0.05) is 18.7 Å². The van der Waals surface area contributed by atoms with Crippen LogP contribution in [-0.4, -0.2) is 37.6 Å². The summed E-state index contributed by atoms with van der Waals surface area (Å²) in [5, 5.41) is 0. The third-order valence-corrected chi connectivity index (χ3v) is 3.74. The standard InChI is InChI=1S/C14H19FN2O2/c1-14(8-16)5-6-17(9-14)13(18)10-3-4-11(15)12(7-10)19-2/h3-4,7H,5-6,8-9,16H2,1-2H3. The maximum Gasteiger partial charge on any atom is 0.254 e. The summed E-state index contributed by atoms with van der Waals surface area (Å²) in [4.78, 5) is 14.1. The molecule has 0 aliphatic carbocycles. The lowest BCUT2D eigenvalue weighted by Crippen LogP contribution is -2.34. The van der Waals surface area contributed by atoms with Gasteiger partial charge in [0.2, 0.25) is 0 Å². The van der Waals surface area contributed by atoms with E-state index in [-0.39, 0.29) is 17.1 Å². The third-order valence-electron chi connectivity index (χ3n) is 3.74. The van der Waals surface area contributed by atoms with E-state index in [9.17, 15) is 9.18 Å². The first-order chi connectivity index (χ1) is 8.99.